The van der Waals surface area contributed by atoms with Crippen molar-refractivity contribution >= 4 is 6.03 Å². The number of benzene rings is 1. The molecule has 2 amide bonds. The second-order valence-electron chi connectivity index (χ2n) is 5.38. The van der Waals surface area contributed by atoms with Crippen LogP contribution in [0.3, 0.4) is 0 Å². The molecule has 6 heteroatoms. The van der Waals surface area contributed by atoms with Gasteiger partial charge < -0.3 is 4.90 Å². The maximum absolute atomic E-state index is 12.4. The Bertz CT molecular complexity index is 725. The van der Waals surface area contributed by atoms with Crippen molar-refractivity contribution in [2.75, 3.05) is 13.2 Å². The Labute approximate surface area is 128 Å². The van der Waals surface area contributed by atoms with Crippen molar-refractivity contribution in [3.63, 3.8) is 0 Å². The van der Waals surface area contributed by atoms with Crippen molar-refractivity contribution in [2.45, 2.75) is 12.6 Å². The van der Waals surface area contributed by atoms with Gasteiger partial charge in [-0.2, -0.15) is 10.2 Å². The number of hydrogen-bond donors (Lipinski definition) is 0. The Hall–Kier alpha value is -2.60. The summed E-state index contributed by atoms with van der Waals surface area (Å²) >= 11 is 0. The van der Waals surface area contributed by atoms with Crippen molar-refractivity contribution in [1.82, 2.24) is 19.7 Å². The van der Waals surface area contributed by atoms with Crippen LogP contribution in [0.4, 0.5) is 4.79 Å². The van der Waals surface area contributed by atoms with Gasteiger partial charge in [-0.05, 0) is 12.1 Å². The Morgan fingerprint density at radius 1 is 1.36 bits per heavy atom. The van der Waals surface area contributed by atoms with Gasteiger partial charge in [0.1, 0.15) is 6.04 Å². The molecule has 1 unspecified atom stereocenters. The van der Waals surface area contributed by atoms with Crippen LogP contribution in [0.25, 0.3) is 5.69 Å². The SMILES string of the molecule is C=CCON1C(=O)N2Cc3c(cnn3-c3ccccc3)C1C2. The fraction of sp³-hybridized carbons (Fsp3) is 0.250. The van der Waals surface area contributed by atoms with Crippen LogP contribution < -0.4 is 0 Å². The van der Waals surface area contributed by atoms with Crippen molar-refractivity contribution in [3.8, 4) is 5.69 Å². The quantitative estimate of drug-likeness (QED) is 0.813. The van der Waals surface area contributed by atoms with Crippen LogP contribution in [-0.4, -0.2) is 38.9 Å². The maximum atomic E-state index is 12.4. The fourth-order valence-corrected chi connectivity index (χ4v) is 3.06. The van der Waals surface area contributed by atoms with E-state index >= 15 is 0 Å². The molecule has 2 aliphatic heterocycles. The van der Waals surface area contributed by atoms with E-state index in [2.05, 4.69) is 11.7 Å². The normalized spacial score (nSPS) is 19.5. The van der Waals surface area contributed by atoms with Crippen LogP contribution in [0, 0.1) is 0 Å². The largest absolute Gasteiger partial charge is 0.345 e. The van der Waals surface area contributed by atoms with E-state index in [9.17, 15) is 4.79 Å². The lowest BCUT2D eigenvalue weighted by atomic mass is 10.0. The number of carbonyl (C=O) groups is 1. The van der Waals surface area contributed by atoms with E-state index in [1.807, 2.05) is 41.2 Å². The predicted octanol–water partition coefficient (Wildman–Crippen LogP) is 2.28. The summed E-state index contributed by atoms with van der Waals surface area (Å²) in [6, 6.07) is 9.75. The first kappa shape index (κ1) is 13.1. The first-order valence-corrected chi connectivity index (χ1v) is 7.23. The highest BCUT2D eigenvalue weighted by Gasteiger charge is 2.45. The zero-order chi connectivity index (χ0) is 15.1. The third-order valence-corrected chi connectivity index (χ3v) is 4.07. The van der Waals surface area contributed by atoms with E-state index in [-0.39, 0.29) is 12.1 Å². The first-order valence-electron chi connectivity index (χ1n) is 7.23. The summed E-state index contributed by atoms with van der Waals surface area (Å²) < 4.78 is 1.90. The molecule has 0 spiro atoms. The molecule has 2 aromatic rings. The monoisotopic (exact) mass is 296 g/mol. The molecule has 1 atom stereocenters. The number of para-hydroxylation sites is 1. The van der Waals surface area contributed by atoms with E-state index < -0.39 is 0 Å². The molecule has 3 heterocycles. The van der Waals surface area contributed by atoms with Gasteiger partial charge in [-0.15, -0.1) is 6.58 Å². The van der Waals surface area contributed by atoms with Crippen molar-refractivity contribution in [2.24, 2.45) is 0 Å². The average Bonchev–Trinajstić information content (AvgIpc) is 3.09. The average molecular weight is 296 g/mol. The van der Waals surface area contributed by atoms with Gasteiger partial charge in [0, 0.05) is 5.56 Å². The molecule has 1 saturated heterocycles. The third kappa shape index (κ3) is 1.84. The smallest absolute Gasteiger partial charge is 0.314 e. The van der Waals surface area contributed by atoms with E-state index in [1.165, 1.54) is 5.06 Å². The summed E-state index contributed by atoms with van der Waals surface area (Å²) in [7, 11) is 0. The van der Waals surface area contributed by atoms with E-state index in [4.69, 9.17) is 4.84 Å². The van der Waals surface area contributed by atoms with Gasteiger partial charge in [0.05, 0.1) is 37.3 Å². The molecular weight excluding hydrogens is 280 g/mol. The first-order chi connectivity index (χ1) is 10.8. The van der Waals surface area contributed by atoms with Gasteiger partial charge in [0.25, 0.3) is 0 Å². The molecule has 0 N–H and O–H groups in total. The minimum Gasteiger partial charge on any atom is -0.314 e. The molecule has 112 valence electrons. The summed E-state index contributed by atoms with van der Waals surface area (Å²) in [5.74, 6) is 0. The number of urea groups is 1. The standard InChI is InChI=1S/C16H16N4O2/c1-2-8-22-20-15-11-18(16(20)21)10-14-13(15)9-17-19(14)12-6-4-3-5-7-12/h2-7,9,15H,1,8,10-11H2. The van der Waals surface area contributed by atoms with E-state index in [0.717, 1.165) is 16.9 Å². The highest BCUT2D eigenvalue weighted by molar-refractivity contribution is 5.77. The zero-order valence-corrected chi connectivity index (χ0v) is 12.1. The Morgan fingerprint density at radius 2 is 2.18 bits per heavy atom. The van der Waals surface area contributed by atoms with Crippen LogP contribution >= 0.6 is 0 Å². The number of amides is 2. The summed E-state index contributed by atoms with van der Waals surface area (Å²) in [6.07, 6.45) is 3.48. The molecule has 0 aliphatic carbocycles. The van der Waals surface area contributed by atoms with Gasteiger partial charge in [0.15, 0.2) is 0 Å². The van der Waals surface area contributed by atoms with Crippen LogP contribution in [0.5, 0.6) is 0 Å². The van der Waals surface area contributed by atoms with Gasteiger partial charge in [-0.3, -0.25) is 4.84 Å². The fourth-order valence-electron chi connectivity index (χ4n) is 3.06. The predicted molar refractivity (Wildman–Crippen MR) is 80.1 cm³/mol. The van der Waals surface area contributed by atoms with E-state index in [1.54, 1.807) is 11.0 Å². The number of fused-ring (bicyclic) bond motifs is 4. The minimum absolute atomic E-state index is 0.0948. The second kappa shape index (κ2) is 4.99. The van der Waals surface area contributed by atoms with Crippen molar-refractivity contribution < 1.29 is 9.63 Å². The third-order valence-electron chi connectivity index (χ3n) is 4.07. The molecular formula is C16H16N4O2. The molecule has 0 radical (unpaired) electrons. The highest BCUT2D eigenvalue weighted by atomic mass is 16.7. The number of hydrogen-bond acceptors (Lipinski definition) is 3. The van der Waals surface area contributed by atoms with Crippen LogP contribution in [0.2, 0.25) is 0 Å². The highest BCUT2D eigenvalue weighted by Crippen LogP contribution is 2.38. The zero-order valence-electron chi connectivity index (χ0n) is 12.1. The molecule has 2 bridgehead atoms. The number of aromatic nitrogens is 2. The lowest BCUT2D eigenvalue weighted by Crippen LogP contribution is -2.31. The van der Waals surface area contributed by atoms with E-state index in [0.29, 0.717) is 19.7 Å². The lowest BCUT2D eigenvalue weighted by molar-refractivity contribution is -0.118. The van der Waals surface area contributed by atoms with Gasteiger partial charge in [0.2, 0.25) is 0 Å². The Kier molecular flexibility index (Phi) is 2.97. The summed E-state index contributed by atoms with van der Waals surface area (Å²) in [5.41, 5.74) is 3.09. The van der Waals surface area contributed by atoms with Crippen molar-refractivity contribution in [1.29, 1.82) is 0 Å². The van der Waals surface area contributed by atoms with Gasteiger partial charge >= 0.3 is 6.03 Å². The number of rotatable bonds is 4. The maximum Gasteiger partial charge on any atom is 0.345 e. The Morgan fingerprint density at radius 3 is 2.95 bits per heavy atom. The van der Waals surface area contributed by atoms with Crippen LogP contribution in [0.15, 0.2) is 49.2 Å². The molecule has 2 aliphatic rings. The molecule has 1 aromatic heterocycles. The molecule has 1 fully saturated rings. The molecule has 0 saturated carbocycles. The second-order valence-corrected chi connectivity index (χ2v) is 5.38. The molecule has 1 aromatic carbocycles. The minimum atomic E-state index is -0.103. The number of carbonyl (C=O) groups excluding carboxylic acids is 1. The summed E-state index contributed by atoms with van der Waals surface area (Å²) in [4.78, 5) is 19.7. The Balaban J connectivity index is 1.73. The molecule has 6 nitrogen and oxygen atoms in total. The van der Waals surface area contributed by atoms with Crippen LogP contribution in [-0.2, 0) is 11.4 Å². The van der Waals surface area contributed by atoms with Crippen LogP contribution in [0.1, 0.15) is 17.3 Å². The molecule has 22 heavy (non-hydrogen) atoms. The molecule has 4 rings (SSSR count). The number of nitrogens with zero attached hydrogens (tertiary/aromatic N) is 4. The van der Waals surface area contributed by atoms with Gasteiger partial charge in [-0.25, -0.2) is 9.48 Å². The lowest BCUT2D eigenvalue weighted by Gasteiger charge is -2.23. The van der Waals surface area contributed by atoms with Crippen molar-refractivity contribution in [3.05, 3.63) is 60.4 Å². The number of hydroxylamine groups is 2. The topological polar surface area (TPSA) is 50.6 Å². The summed E-state index contributed by atoms with van der Waals surface area (Å²) in [6.45, 7) is 5.14. The van der Waals surface area contributed by atoms with Gasteiger partial charge in [-0.1, -0.05) is 24.3 Å². The summed E-state index contributed by atoms with van der Waals surface area (Å²) in [5, 5.41) is 5.95.